The molecule has 0 bridgehead atoms. The van der Waals surface area contributed by atoms with Crippen molar-refractivity contribution in [1.82, 2.24) is 25.6 Å². The Labute approximate surface area is 155 Å². The molecule has 2 heterocycles. The van der Waals surface area contributed by atoms with Crippen LogP contribution in [0.25, 0.3) is 22.4 Å². The van der Waals surface area contributed by atoms with E-state index < -0.39 is 0 Å². The molecular weight excluding hydrogens is 344 g/mol. The van der Waals surface area contributed by atoms with Gasteiger partial charge in [0.2, 0.25) is 0 Å². The van der Waals surface area contributed by atoms with Crippen LogP contribution in [0.15, 0.2) is 48.5 Å². The van der Waals surface area contributed by atoms with E-state index in [2.05, 4.69) is 73.4 Å². The Morgan fingerprint density at radius 3 is 2.92 bits per heavy atom. The van der Waals surface area contributed by atoms with Crippen LogP contribution in [0.5, 0.6) is 0 Å². The van der Waals surface area contributed by atoms with Crippen LogP contribution in [0, 0.1) is 0 Å². The molecule has 2 aromatic carbocycles. The van der Waals surface area contributed by atoms with E-state index in [0.29, 0.717) is 0 Å². The highest BCUT2D eigenvalue weighted by atomic mass is 32.1. The first-order valence-electron chi connectivity index (χ1n) is 8.47. The Morgan fingerprint density at radius 2 is 2.04 bits per heavy atom. The van der Waals surface area contributed by atoms with Crippen LogP contribution in [0.3, 0.4) is 0 Å². The molecule has 0 atom stereocenters. The fourth-order valence-corrected chi connectivity index (χ4v) is 3.52. The molecule has 2 aromatic heterocycles. The van der Waals surface area contributed by atoms with Crippen LogP contribution in [0.2, 0.25) is 0 Å². The summed E-state index contributed by atoms with van der Waals surface area (Å²) in [5.74, 6) is 0.749. The fourth-order valence-electron chi connectivity index (χ4n) is 2.65. The second kappa shape index (κ2) is 7.88. The van der Waals surface area contributed by atoms with E-state index in [1.165, 1.54) is 4.70 Å². The first-order chi connectivity index (χ1) is 12.9. The molecule has 0 unspecified atom stereocenters. The summed E-state index contributed by atoms with van der Waals surface area (Å²) in [6, 6.07) is 16.6. The molecule has 6 nitrogen and oxygen atoms in total. The maximum atomic E-state index is 4.63. The van der Waals surface area contributed by atoms with Gasteiger partial charge in [0.25, 0.3) is 0 Å². The highest BCUT2D eigenvalue weighted by molar-refractivity contribution is 7.19. The molecule has 0 saturated carbocycles. The number of anilines is 1. The molecule has 0 saturated heterocycles. The van der Waals surface area contributed by atoms with Crippen molar-refractivity contribution in [3.63, 3.8) is 0 Å². The van der Waals surface area contributed by atoms with Crippen molar-refractivity contribution >= 4 is 39.4 Å². The first kappa shape index (κ1) is 16.4. The highest BCUT2D eigenvalue weighted by Gasteiger charge is 2.00. The van der Waals surface area contributed by atoms with Crippen LogP contribution in [0.4, 0.5) is 5.69 Å². The number of rotatable bonds is 7. The quantitative estimate of drug-likeness (QED) is 0.485. The summed E-state index contributed by atoms with van der Waals surface area (Å²) in [4.78, 5) is 4.63. The van der Waals surface area contributed by atoms with Gasteiger partial charge < -0.3 is 5.32 Å². The van der Waals surface area contributed by atoms with Crippen molar-refractivity contribution in [2.24, 2.45) is 0 Å². The number of aromatic amines is 1. The van der Waals surface area contributed by atoms with Gasteiger partial charge in [-0.05, 0) is 42.3 Å². The summed E-state index contributed by atoms with van der Waals surface area (Å²) in [5, 5.41) is 18.4. The van der Waals surface area contributed by atoms with Crippen molar-refractivity contribution in [3.05, 3.63) is 64.9 Å². The molecule has 130 valence electrons. The van der Waals surface area contributed by atoms with Crippen LogP contribution >= 0.6 is 11.3 Å². The maximum absolute atomic E-state index is 4.63. The van der Waals surface area contributed by atoms with Gasteiger partial charge in [0.1, 0.15) is 5.01 Å². The van der Waals surface area contributed by atoms with E-state index in [4.69, 9.17) is 0 Å². The Hall–Kier alpha value is -3.06. The predicted octanol–water partition coefficient (Wildman–Crippen LogP) is 4.02. The molecule has 0 radical (unpaired) electrons. The van der Waals surface area contributed by atoms with E-state index >= 15 is 0 Å². The Bertz CT molecular complexity index is 973. The number of tetrazole rings is 1. The number of aromatic nitrogens is 5. The second-order valence-electron chi connectivity index (χ2n) is 5.84. The second-order valence-corrected chi connectivity index (χ2v) is 6.90. The molecule has 2 N–H and O–H groups in total. The molecule has 4 aromatic rings. The number of nitrogens with one attached hydrogen (secondary N) is 2. The number of hydrogen-bond donors (Lipinski definition) is 2. The SMILES string of the molecule is C(=Cc1nc2ccccc2s1)c1cccc(NCCCc2nn[nH]n2)c1. The lowest BCUT2D eigenvalue weighted by Crippen LogP contribution is -2.03. The summed E-state index contributed by atoms with van der Waals surface area (Å²) < 4.78 is 1.21. The third kappa shape index (κ3) is 4.12. The minimum atomic E-state index is 0.749. The number of H-pyrrole nitrogens is 1. The van der Waals surface area contributed by atoms with E-state index in [1.54, 1.807) is 11.3 Å². The van der Waals surface area contributed by atoms with Gasteiger partial charge in [-0.15, -0.1) is 21.5 Å². The summed E-state index contributed by atoms with van der Waals surface area (Å²) >= 11 is 1.70. The molecule has 7 heteroatoms. The summed E-state index contributed by atoms with van der Waals surface area (Å²) in [5.41, 5.74) is 3.30. The highest BCUT2D eigenvalue weighted by Crippen LogP contribution is 2.23. The van der Waals surface area contributed by atoms with E-state index in [0.717, 1.165) is 47.0 Å². The predicted molar refractivity (Wildman–Crippen MR) is 106 cm³/mol. The van der Waals surface area contributed by atoms with Gasteiger partial charge in [0.15, 0.2) is 5.82 Å². The molecule has 26 heavy (non-hydrogen) atoms. The van der Waals surface area contributed by atoms with Crippen LogP contribution in [-0.4, -0.2) is 32.2 Å². The Morgan fingerprint density at radius 1 is 1.08 bits per heavy atom. The van der Waals surface area contributed by atoms with Gasteiger partial charge in [-0.1, -0.05) is 35.6 Å². The normalized spacial score (nSPS) is 11.4. The smallest absolute Gasteiger partial charge is 0.174 e. The third-order valence-corrected chi connectivity index (χ3v) is 4.91. The van der Waals surface area contributed by atoms with Gasteiger partial charge in [-0.3, -0.25) is 0 Å². The van der Waals surface area contributed by atoms with Crippen molar-refractivity contribution in [2.45, 2.75) is 12.8 Å². The Kier molecular flexibility index (Phi) is 4.97. The average molecular weight is 362 g/mol. The summed E-state index contributed by atoms with van der Waals surface area (Å²) in [7, 11) is 0. The molecular formula is C19H18N6S. The van der Waals surface area contributed by atoms with Crippen molar-refractivity contribution in [1.29, 1.82) is 0 Å². The summed E-state index contributed by atoms with van der Waals surface area (Å²) in [6.45, 7) is 0.861. The largest absolute Gasteiger partial charge is 0.385 e. The van der Waals surface area contributed by atoms with Crippen molar-refractivity contribution in [2.75, 3.05) is 11.9 Å². The fraction of sp³-hybridized carbons (Fsp3) is 0.158. The van der Waals surface area contributed by atoms with Crippen molar-refractivity contribution < 1.29 is 0 Å². The minimum absolute atomic E-state index is 0.749. The van der Waals surface area contributed by atoms with Crippen LogP contribution < -0.4 is 5.32 Å². The van der Waals surface area contributed by atoms with E-state index in [-0.39, 0.29) is 0 Å². The first-order valence-corrected chi connectivity index (χ1v) is 9.28. The lowest BCUT2D eigenvalue weighted by molar-refractivity contribution is 0.804. The number of aryl methyl sites for hydroxylation is 1. The molecule has 0 aliphatic rings. The number of benzene rings is 2. The topological polar surface area (TPSA) is 79.4 Å². The minimum Gasteiger partial charge on any atom is -0.385 e. The summed E-state index contributed by atoms with van der Waals surface area (Å²) in [6.07, 6.45) is 5.92. The maximum Gasteiger partial charge on any atom is 0.174 e. The van der Waals surface area contributed by atoms with Gasteiger partial charge in [0, 0.05) is 18.7 Å². The molecule has 4 rings (SSSR count). The molecule has 0 aliphatic carbocycles. The van der Waals surface area contributed by atoms with Gasteiger partial charge in [0.05, 0.1) is 10.2 Å². The van der Waals surface area contributed by atoms with E-state index in [1.807, 2.05) is 18.2 Å². The van der Waals surface area contributed by atoms with Crippen molar-refractivity contribution in [3.8, 4) is 0 Å². The zero-order valence-electron chi connectivity index (χ0n) is 14.1. The number of hydrogen-bond acceptors (Lipinski definition) is 6. The van der Waals surface area contributed by atoms with Gasteiger partial charge in [-0.2, -0.15) is 5.21 Å². The average Bonchev–Trinajstić information content (AvgIpc) is 3.33. The molecule has 0 spiro atoms. The Balaban J connectivity index is 1.35. The monoisotopic (exact) mass is 362 g/mol. The number of para-hydroxylation sites is 1. The number of fused-ring (bicyclic) bond motifs is 1. The molecule has 0 fully saturated rings. The number of nitrogens with zero attached hydrogens (tertiary/aromatic N) is 4. The zero-order chi connectivity index (χ0) is 17.6. The van der Waals surface area contributed by atoms with Gasteiger partial charge >= 0.3 is 0 Å². The molecule has 0 aliphatic heterocycles. The standard InChI is InChI=1S/C19H18N6S/c1-2-8-17-16(7-1)21-19(26-17)11-10-14-5-3-6-15(13-14)20-12-4-9-18-22-24-25-23-18/h1-3,5-8,10-11,13,20H,4,9,12H2,(H,22,23,24,25). The lowest BCUT2D eigenvalue weighted by atomic mass is 10.2. The zero-order valence-corrected chi connectivity index (χ0v) is 14.9. The molecule has 0 amide bonds. The van der Waals surface area contributed by atoms with E-state index in [9.17, 15) is 0 Å². The third-order valence-electron chi connectivity index (χ3n) is 3.91. The van der Waals surface area contributed by atoms with Crippen LogP contribution in [0.1, 0.15) is 22.8 Å². The number of thiazole rings is 1. The lowest BCUT2D eigenvalue weighted by Gasteiger charge is -2.06. The van der Waals surface area contributed by atoms with Gasteiger partial charge in [-0.25, -0.2) is 4.98 Å². The van der Waals surface area contributed by atoms with Crippen LogP contribution in [-0.2, 0) is 6.42 Å².